The maximum absolute atomic E-state index is 13.6. The van der Waals surface area contributed by atoms with E-state index in [9.17, 15) is 14.0 Å². The van der Waals surface area contributed by atoms with Crippen molar-refractivity contribution in [3.8, 4) is 0 Å². The second-order valence-electron chi connectivity index (χ2n) is 5.30. The molecule has 6 heteroatoms. The predicted molar refractivity (Wildman–Crippen MR) is 69.4 cm³/mol. The molecule has 0 aromatic heterocycles. The number of nitrogens with two attached hydrogens (primary N) is 1. The lowest BCUT2D eigenvalue weighted by Gasteiger charge is -2.26. The summed E-state index contributed by atoms with van der Waals surface area (Å²) in [7, 11) is 0. The first kappa shape index (κ1) is 15.1. The van der Waals surface area contributed by atoms with Crippen molar-refractivity contribution >= 4 is 17.6 Å². The third-order valence-electron chi connectivity index (χ3n) is 2.71. The summed E-state index contributed by atoms with van der Waals surface area (Å²) in [5, 5.41) is 11.2. The molecule has 0 aliphatic rings. The van der Waals surface area contributed by atoms with Crippen molar-refractivity contribution in [3.63, 3.8) is 0 Å². The van der Waals surface area contributed by atoms with Gasteiger partial charge in [-0.3, -0.25) is 4.79 Å². The van der Waals surface area contributed by atoms with Gasteiger partial charge in [0.1, 0.15) is 5.82 Å². The van der Waals surface area contributed by atoms with Crippen molar-refractivity contribution in [1.29, 1.82) is 0 Å². The Morgan fingerprint density at radius 3 is 2.42 bits per heavy atom. The van der Waals surface area contributed by atoms with Crippen LogP contribution in [0.1, 0.15) is 31.1 Å². The number of para-hydroxylation sites is 1. The first-order chi connectivity index (χ1) is 8.64. The van der Waals surface area contributed by atoms with Crippen LogP contribution in [0.5, 0.6) is 0 Å². The van der Waals surface area contributed by atoms with Crippen molar-refractivity contribution in [3.05, 3.63) is 29.6 Å². The molecular weight excluding hydrogens is 251 g/mol. The van der Waals surface area contributed by atoms with Crippen molar-refractivity contribution < 1.29 is 19.1 Å². The highest BCUT2D eigenvalue weighted by atomic mass is 19.1. The summed E-state index contributed by atoms with van der Waals surface area (Å²) in [4.78, 5) is 22.9. The molecule has 0 spiro atoms. The first-order valence-electron chi connectivity index (χ1n) is 5.73. The van der Waals surface area contributed by atoms with Crippen LogP contribution in [0.4, 0.5) is 10.1 Å². The van der Waals surface area contributed by atoms with Gasteiger partial charge in [-0.1, -0.05) is 26.8 Å². The van der Waals surface area contributed by atoms with E-state index in [1.54, 1.807) is 20.8 Å². The van der Waals surface area contributed by atoms with E-state index in [-0.39, 0.29) is 11.3 Å². The number of aromatic carboxylic acids is 1. The van der Waals surface area contributed by atoms with Gasteiger partial charge in [0.25, 0.3) is 0 Å². The number of carbonyl (C=O) groups excluding carboxylic acids is 1. The van der Waals surface area contributed by atoms with E-state index in [0.717, 1.165) is 6.07 Å². The van der Waals surface area contributed by atoms with Crippen molar-refractivity contribution in [2.75, 3.05) is 5.32 Å². The molecule has 1 atom stereocenters. The molecule has 19 heavy (non-hydrogen) atoms. The molecule has 4 N–H and O–H groups in total. The Morgan fingerprint density at radius 1 is 1.37 bits per heavy atom. The standard InChI is InChI=1S/C13H17FN2O3/c1-13(2,3)10(15)11(17)16-9-7(12(18)19)5-4-6-8(9)14/h4-6,10H,15H2,1-3H3,(H,16,17)(H,18,19)/t10-/m0/s1. The number of carbonyl (C=O) groups is 2. The minimum absolute atomic E-state index is 0.311. The van der Waals surface area contributed by atoms with Crippen molar-refractivity contribution in [2.45, 2.75) is 26.8 Å². The summed E-state index contributed by atoms with van der Waals surface area (Å²) in [5.74, 6) is -2.76. The molecular formula is C13H17FN2O3. The van der Waals surface area contributed by atoms with E-state index in [2.05, 4.69) is 5.32 Å². The molecule has 0 radical (unpaired) electrons. The topological polar surface area (TPSA) is 92.4 Å². The first-order valence-corrected chi connectivity index (χ1v) is 5.73. The molecule has 0 fully saturated rings. The molecule has 5 nitrogen and oxygen atoms in total. The Morgan fingerprint density at radius 2 is 1.95 bits per heavy atom. The minimum Gasteiger partial charge on any atom is -0.478 e. The number of carboxylic acid groups (broad SMARTS) is 1. The fourth-order valence-electron chi connectivity index (χ4n) is 1.42. The summed E-state index contributed by atoms with van der Waals surface area (Å²) < 4.78 is 13.6. The highest BCUT2D eigenvalue weighted by Crippen LogP contribution is 2.23. The maximum Gasteiger partial charge on any atom is 0.337 e. The number of hydrogen-bond donors (Lipinski definition) is 3. The van der Waals surface area contributed by atoms with Gasteiger partial charge in [-0.2, -0.15) is 0 Å². The largest absolute Gasteiger partial charge is 0.478 e. The summed E-state index contributed by atoms with van der Waals surface area (Å²) in [5.41, 5.74) is 4.55. The smallest absolute Gasteiger partial charge is 0.337 e. The molecule has 1 rings (SSSR count). The zero-order chi connectivity index (χ0) is 14.8. The van der Waals surface area contributed by atoms with E-state index in [1.165, 1.54) is 12.1 Å². The van der Waals surface area contributed by atoms with Crippen molar-refractivity contribution in [2.24, 2.45) is 11.1 Å². The predicted octanol–water partition coefficient (Wildman–Crippen LogP) is 1.84. The molecule has 1 amide bonds. The number of halogens is 1. The molecule has 0 saturated heterocycles. The van der Waals surface area contributed by atoms with Gasteiger partial charge < -0.3 is 16.2 Å². The lowest BCUT2D eigenvalue weighted by atomic mass is 9.87. The van der Waals surface area contributed by atoms with Crippen LogP contribution in [-0.4, -0.2) is 23.0 Å². The number of amides is 1. The quantitative estimate of drug-likeness (QED) is 0.779. The fraction of sp³-hybridized carbons (Fsp3) is 0.385. The van der Waals surface area contributed by atoms with Gasteiger partial charge in [-0.15, -0.1) is 0 Å². The van der Waals surface area contributed by atoms with Crippen LogP contribution in [0.25, 0.3) is 0 Å². The van der Waals surface area contributed by atoms with Gasteiger partial charge in [0.05, 0.1) is 17.3 Å². The number of anilines is 1. The van der Waals surface area contributed by atoms with E-state index in [1.807, 2.05) is 0 Å². The summed E-state index contributed by atoms with van der Waals surface area (Å²) in [6, 6.07) is 2.67. The average molecular weight is 268 g/mol. The second-order valence-corrected chi connectivity index (χ2v) is 5.30. The molecule has 1 aromatic rings. The number of nitrogens with one attached hydrogen (secondary N) is 1. The third-order valence-corrected chi connectivity index (χ3v) is 2.71. The lowest BCUT2D eigenvalue weighted by Crippen LogP contribution is -2.45. The molecule has 0 saturated carbocycles. The Balaban J connectivity index is 3.07. The Bertz CT molecular complexity index is 509. The second kappa shape index (κ2) is 5.36. The Labute approximate surface area is 110 Å². The van der Waals surface area contributed by atoms with Gasteiger partial charge in [-0.25, -0.2) is 9.18 Å². The van der Waals surface area contributed by atoms with Crippen LogP contribution in [0.15, 0.2) is 18.2 Å². The molecule has 1 aromatic carbocycles. The zero-order valence-corrected chi connectivity index (χ0v) is 11.0. The van der Waals surface area contributed by atoms with E-state index in [0.29, 0.717) is 0 Å². The highest BCUT2D eigenvalue weighted by molar-refractivity contribution is 6.02. The normalized spacial score (nSPS) is 12.9. The van der Waals surface area contributed by atoms with Crippen LogP contribution >= 0.6 is 0 Å². The van der Waals surface area contributed by atoms with Gasteiger partial charge in [0.2, 0.25) is 5.91 Å². The van der Waals surface area contributed by atoms with Gasteiger partial charge in [0, 0.05) is 0 Å². The monoisotopic (exact) mass is 268 g/mol. The molecule has 0 aliphatic heterocycles. The maximum atomic E-state index is 13.6. The van der Waals surface area contributed by atoms with Gasteiger partial charge in [0.15, 0.2) is 0 Å². The summed E-state index contributed by atoms with van der Waals surface area (Å²) >= 11 is 0. The van der Waals surface area contributed by atoms with E-state index in [4.69, 9.17) is 10.8 Å². The number of carboxylic acids is 1. The molecule has 104 valence electrons. The SMILES string of the molecule is CC(C)(C)[C@@H](N)C(=O)Nc1c(F)cccc1C(=O)O. The number of hydrogen-bond acceptors (Lipinski definition) is 3. The van der Waals surface area contributed by atoms with Gasteiger partial charge >= 0.3 is 5.97 Å². The van der Waals surface area contributed by atoms with Crippen LogP contribution in [0, 0.1) is 11.2 Å². The van der Waals surface area contributed by atoms with E-state index >= 15 is 0 Å². The zero-order valence-electron chi connectivity index (χ0n) is 11.0. The molecule has 0 aliphatic carbocycles. The minimum atomic E-state index is -1.32. The fourth-order valence-corrected chi connectivity index (χ4v) is 1.42. The summed E-state index contributed by atoms with van der Waals surface area (Å²) in [6.07, 6.45) is 0. The third kappa shape index (κ3) is 3.51. The number of rotatable bonds is 3. The molecule has 0 bridgehead atoms. The average Bonchev–Trinajstić information content (AvgIpc) is 2.29. The van der Waals surface area contributed by atoms with Crippen LogP contribution in [0.3, 0.4) is 0 Å². The summed E-state index contributed by atoms with van der Waals surface area (Å²) in [6.45, 7) is 5.28. The lowest BCUT2D eigenvalue weighted by molar-refractivity contribution is -0.119. The van der Waals surface area contributed by atoms with Crippen LogP contribution < -0.4 is 11.1 Å². The molecule has 0 unspecified atom stereocenters. The van der Waals surface area contributed by atoms with E-state index < -0.39 is 29.2 Å². The number of benzene rings is 1. The molecule has 0 heterocycles. The van der Waals surface area contributed by atoms with Crippen LogP contribution in [0.2, 0.25) is 0 Å². The van der Waals surface area contributed by atoms with Crippen molar-refractivity contribution in [1.82, 2.24) is 0 Å². The Kier molecular flexibility index (Phi) is 4.26. The Hall–Kier alpha value is -1.95. The van der Waals surface area contributed by atoms with Gasteiger partial charge in [-0.05, 0) is 17.5 Å². The highest BCUT2D eigenvalue weighted by Gasteiger charge is 2.29. The van der Waals surface area contributed by atoms with Crippen LogP contribution in [-0.2, 0) is 4.79 Å².